The highest BCUT2D eigenvalue weighted by Crippen LogP contribution is 2.27. The van der Waals surface area contributed by atoms with E-state index in [0.29, 0.717) is 11.9 Å². The van der Waals surface area contributed by atoms with Crippen molar-refractivity contribution >= 4 is 11.6 Å². The van der Waals surface area contributed by atoms with Crippen LogP contribution in [0.25, 0.3) is 0 Å². The summed E-state index contributed by atoms with van der Waals surface area (Å²) in [6, 6.07) is 0.291. The molecule has 0 saturated heterocycles. The number of nitrogen functional groups attached to an aromatic ring is 1. The smallest absolute Gasteiger partial charge is 0.148 e. The summed E-state index contributed by atoms with van der Waals surface area (Å²) in [5.41, 5.74) is 3.51. The second kappa shape index (κ2) is 5.07. The minimum Gasteiger partial charge on any atom is -0.393 e. The molecule has 0 atom stereocenters. The number of hydrogen-bond donors (Lipinski definition) is 4. The molecule has 100 valence electrons. The Morgan fingerprint density at radius 1 is 1.28 bits per heavy atom. The molecule has 0 unspecified atom stereocenters. The molecular weight excluding hydrogens is 230 g/mol. The molecule has 1 aromatic rings. The van der Waals surface area contributed by atoms with Crippen LogP contribution in [0.3, 0.4) is 0 Å². The Hall–Kier alpha value is -1.40. The van der Waals surface area contributed by atoms with Gasteiger partial charge >= 0.3 is 0 Å². The largest absolute Gasteiger partial charge is 0.393 e. The number of nitrogens with two attached hydrogens (primary N) is 1. The molecule has 0 aliphatic heterocycles. The molecule has 1 aromatic heterocycles. The average molecular weight is 251 g/mol. The van der Waals surface area contributed by atoms with Crippen LogP contribution < -0.4 is 16.6 Å². The van der Waals surface area contributed by atoms with E-state index >= 15 is 0 Å². The van der Waals surface area contributed by atoms with Crippen molar-refractivity contribution in [2.24, 2.45) is 5.84 Å². The van der Waals surface area contributed by atoms with Crippen molar-refractivity contribution in [2.75, 3.05) is 10.7 Å². The molecule has 0 amide bonds. The van der Waals surface area contributed by atoms with Crippen LogP contribution in [0.15, 0.2) is 0 Å². The Morgan fingerprint density at radius 3 is 2.39 bits per heavy atom. The quantitative estimate of drug-likeness (QED) is 0.473. The fourth-order valence-corrected chi connectivity index (χ4v) is 1.97. The number of aliphatic hydroxyl groups is 1. The molecule has 6 nitrogen and oxygen atoms in total. The summed E-state index contributed by atoms with van der Waals surface area (Å²) in [5, 5.41) is 12.6. The number of aliphatic hydroxyl groups excluding tert-OH is 1. The minimum atomic E-state index is -0.179. The third kappa shape index (κ3) is 2.54. The van der Waals surface area contributed by atoms with Gasteiger partial charge < -0.3 is 15.8 Å². The molecule has 1 aliphatic rings. The van der Waals surface area contributed by atoms with Gasteiger partial charge in [-0.3, -0.25) is 0 Å². The van der Waals surface area contributed by atoms with Gasteiger partial charge in [0.2, 0.25) is 0 Å². The maximum absolute atomic E-state index is 9.30. The maximum Gasteiger partial charge on any atom is 0.148 e. The van der Waals surface area contributed by atoms with E-state index in [0.717, 1.165) is 30.0 Å². The molecule has 0 spiro atoms. The molecule has 18 heavy (non-hydrogen) atoms. The Balaban J connectivity index is 2.24. The highest BCUT2D eigenvalue weighted by Gasteiger charge is 2.28. The van der Waals surface area contributed by atoms with Crippen molar-refractivity contribution < 1.29 is 5.11 Å². The van der Waals surface area contributed by atoms with Crippen molar-refractivity contribution in [3.05, 3.63) is 11.4 Å². The predicted octanol–water partition coefficient (Wildman–Crippen LogP) is 1.13. The van der Waals surface area contributed by atoms with Crippen LogP contribution in [0.2, 0.25) is 0 Å². The van der Waals surface area contributed by atoms with Crippen LogP contribution in [-0.4, -0.2) is 27.2 Å². The van der Waals surface area contributed by atoms with E-state index in [9.17, 15) is 5.11 Å². The molecule has 1 aliphatic carbocycles. The van der Waals surface area contributed by atoms with Gasteiger partial charge in [-0.25, -0.2) is 15.8 Å². The van der Waals surface area contributed by atoms with E-state index in [1.54, 1.807) is 0 Å². The van der Waals surface area contributed by atoms with Crippen LogP contribution >= 0.6 is 0 Å². The summed E-state index contributed by atoms with van der Waals surface area (Å²) >= 11 is 0. The molecule has 1 heterocycles. The van der Waals surface area contributed by atoms with Gasteiger partial charge in [-0.2, -0.15) is 0 Å². The number of anilines is 2. The summed E-state index contributed by atoms with van der Waals surface area (Å²) in [4.78, 5) is 8.91. The Morgan fingerprint density at radius 2 is 1.89 bits per heavy atom. The number of rotatable bonds is 4. The average Bonchev–Trinajstić information content (AvgIpc) is 2.29. The zero-order valence-corrected chi connectivity index (χ0v) is 11.1. The minimum absolute atomic E-state index is 0.179. The van der Waals surface area contributed by atoms with Crippen LogP contribution in [0.1, 0.15) is 44.0 Å². The zero-order valence-electron chi connectivity index (χ0n) is 11.1. The summed E-state index contributed by atoms with van der Waals surface area (Å²) < 4.78 is 0. The number of hydrogen-bond acceptors (Lipinski definition) is 6. The van der Waals surface area contributed by atoms with E-state index in [2.05, 4.69) is 20.7 Å². The molecule has 2 rings (SSSR count). The van der Waals surface area contributed by atoms with E-state index in [1.165, 1.54) is 0 Å². The van der Waals surface area contributed by atoms with Crippen LogP contribution in [0, 0.1) is 6.92 Å². The monoisotopic (exact) mass is 251 g/mol. The zero-order chi connectivity index (χ0) is 13.3. The second-order valence-electron chi connectivity index (χ2n) is 5.17. The van der Waals surface area contributed by atoms with Gasteiger partial charge in [0.05, 0.1) is 6.10 Å². The molecular formula is C12H21N5O. The molecule has 1 saturated carbocycles. The number of nitrogens with zero attached hydrogens (tertiary/aromatic N) is 2. The summed E-state index contributed by atoms with van der Waals surface area (Å²) in [5.74, 6) is 7.93. The third-order valence-electron chi connectivity index (χ3n) is 3.27. The highest BCUT2D eigenvalue weighted by atomic mass is 16.3. The molecule has 5 N–H and O–H groups in total. The Bertz CT molecular complexity index is 429. The summed E-state index contributed by atoms with van der Waals surface area (Å²) in [6.45, 7) is 6.01. The Labute approximate surface area is 107 Å². The first-order chi connectivity index (χ1) is 8.51. The van der Waals surface area contributed by atoms with Gasteiger partial charge in [-0.05, 0) is 19.8 Å². The molecule has 6 heteroatoms. The molecule has 1 fully saturated rings. The second-order valence-corrected chi connectivity index (χ2v) is 5.17. The van der Waals surface area contributed by atoms with Crippen LogP contribution in [0.5, 0.6) is 0 Å². The third-order valence-corrected chi connectivity index (χ3v) is 3.27. The summed E-state index contributed by atoms with van der Waals surface area (Å²) in [6.07, 6.45) is 1.36. The van der Waals surface area contributed by atoms with Gasteiger partial charge in [0.25, 0.3) is 0 Å². The topological polar surface area (TPSA) is 96.1 Å². The van der Waals surface area contributed by atoms with Crippen LogP contribution in [0.4, 0.5) is 11.6 Å². The Kier molecular flexibility index (Phi) is 3.68. The molecule has 0 bridgehead atoms. The van der Waals surface area contributed by atoms with Crippen molar-refractivity contribution in [3.63, 3.8) is 0 Å². The standard InChI is InChI=1S/C12H21N5O/c1-6(2)10-15-11(7(3)12(16-10)17-13)14-8-4-9(18)5-8/h6,8-9,18H,4-5,13H2,1-3H3,(H2,14,15,16,17). The van der Waals surface area contributed by atoms with Gasteiger partial charge in [-0.1, -0.05) is 13.8 Å². The number of nitrogens with one attached hydrogen (secondary N) is 2. The first-order valence-electron chi connectivity index (χ1n) is 6.31. The lowest BCUT2D eigenvalue weighted by Crippen LogP contribution is -2.39. The van der Waals surface area contributed by atoms with Crippen LogP contribution in [-0.2, 0) is 0 Å². The van der Waals surface area contributed by atoms with Gasteiger partial charge in [0.1, 0.15) is 17.5 Å². The lowest BCUT2D eigenvalue weighted by atomic mass is 9.89. The molecule has 0 radical (unpaired) electrons. The lowest BCUT2D eigenvalue weighted by molar-refractivity contribution is 0.0835. The van der Waals surface area contributed by atoms with E-state index in [1.807, 2.05) is 20.8 Å². The molecule has 0 aromatic carbocycles. The van der Waals surface area contributed by atoms with Crippen molar-refractivity contribution in [1.82, 2.24) is 9.97 Å². The lowest BCUT2D eigenvalue weighted by Gasteiger charge is -2.33. The van der Waals surface area contributed by atoms with Gasteiger partial charge in [0.15, 0.2) is 0 Å². The SMILES string of the molecule is Cc1c(NN)nc(C(C)C)nc1NC1CC(O)C1. The van der Waals surface area contributed by atoms with Crippen molar-refractivity contribution in [1.29, 1.82) is 0 Å². The first-order valence-corrected chi connectivity index (χ1v) is 6.31. The predicted molar refractivity (Wildman–Crippen MR) is 71.3 cm³/mol. The van der Waals surface area contributed by atoms with Crippen molar-refractivity contribution in [3.8, 4) is 0 Å². The van der Waals surface area contributed by atoms with E-state index in [-0.39, 0.29) is 12.0 Å². The number of hydrazine groups is 1. The number of aromatic nitrogens is 2. The van der Waals surface area contributed by atoms with Gasteiger partial charge in [0, 0.05) is 17.5 Å². The maximum atomic E-state index is 9.30. The first kappa shape index (κ1) is 13.0. The van der Waals surface area contributed by atoms with E-state index in [4.69, 9.17) is 5.84 Å². The highest BCUT2D eigenvalue weighted by molar-refractivity contribution is 5.57. The normalized spacial score (nSPS) is 22.8. The van der Waals surface area contributed by atoms with Gasteiger partial charge in [-0.15, -0.1) is 0 Å². The fourth-order valence-electron chi connectivity index (χ4n) is 1.97. The fraction of sp³-hybridized carbons (Fsp3) is 0.667. The summed E-state index contributed by atoms with van der Waals surface area (Å²) in [7, 11) is 0. The van der Waals surface area contributed by atoms with Crippen molar-refractivity contribution in [2.45, 2.75) is 51.7 Å². The van der Waals surface area contributed by atoms with E-state index < -0.39 is 0 Å².